The zero-order valence-corrected chi connectivity index (χ0v) is 13.9. The van der Waals surface area contributed by atoms with Crippen LogP contribution in [0.15, 0.2) is 4.52 Å². The molecule has 1 aromatic heterocycles. The van der Waals surface area contributed by atoms with Gasteiger partial charge in [0, 0.05) is 31.2 Å². The van der Waals surface area contributed by atoms with E-state index in [0.29, 0.717) is 19.1 Å². The summed E-state index contributed by atoms with van der Waals surface area (Å²) in [6.07, 6.45) is 4.93. The zero-order valence-electron chi connectivity index (χ0n) is 13.9. The van der Waals surface area contributed by atoms with Gasteiger partial charge in [-0.05, 0) is 46.6 Å². The largest absolute Gasteiger partial charge is 0.361 e. The molecular weight excluding hydrogens is 280 g/mol. The number of urea groups is 1. The van der Waals surface area contributed by atoms with Gasteiger partial charge in [-0.25, -0.2) is 4.79 Å². The van der Waals surface area contributed by atoms with Gasteiger partial charge in [-0.15, -0.1) is 0 Å². The zero-order chi connectivity index (χ0) is 15.9. The van der Waals surface area contributed by atoms with Crippen molar-refractivity contribution in [2.24, 2.45) is 0 Å². The second kappa shape index (κ2) is 8.17. The number of nitrogens with zero attached hydrogens (tertiary/aromatic N) is 2. The van der Waals surface area contributed by atoms with Crippen molar-refractivity contribution < 1.29 is 9.32 Å². The van der Waals surface area contributed by atoms with Crippen LogP contribution in [0.25, 0.3) is 0 Å². The van der Waals surface area contributed by atoms with Gasteiger partial charge in [0.25, 0.3) is 0 Å². The summed E-state index contributed by atoms with van der Waals surface area (Å²) >= 11 is 0. The highest BCUT2D eigenvalue weighted by Gasteiger charge is 2.17. The lowest BCUT2D eigenvalue weighted by Gasteiger charge is -2.33. The molecule has 2 heterocycles. The van der Waals surface area contributed by atoms with Crippen molar-refractivity contribution in [1.82, 2.24) is 20.7 Å². The van der Waals surface area contributed by atoms with Crippen LogP contribution in [0.4, 0.5) is 4.79 Å². The average Bonchev–Trinajstić information content (AvgIpc) is 2.82. The first-order valence-electron chi connectivity index (χ1n) is 8.25. The molecule has 6 heteroatoms. The van der Waals surface area contributed by atoms with Crippen LogP contribution in [0.5, 0.6) is 0 Å². The van der Waals surface area contributed by atoms with Gasteiger partial charge in [0.15, 0.2) is 0 Å². The predicted molar refractivity (Wildman–Crippen MR) is 85.7 cm³/mol. The number of piperidine rings is 1. The highest BCUT2D eigenvalue weighted by molar-refractivity contribution is 5.73. The van der Waals surface area contributed by atoms with E-state index in [4.69, 9.17) is 4.52 Å². The summed E-state index contributed by atoms with van der Waals surface area (Å²) in [7, 11) is 0. The summed E-state index contributed by atoms with van der Waals surface area (Å²) < 4.78 is 5.08. The third-order valence-electron chi connectivity index (χ3n) is 4.46. The molecule has 1 fully saturated rings. The van der Waals surface area contributed by atoms with Gasteiger partial charge in [-0.1, -0.05) is 11.6 Å². The van der Waals surface area contributed by atoms with E-state index in [9.17, 15) is 4.79 Å². The van der Waals surface area contributed by atoms with Crippen molar-refractivity contribution in [1.29, 1.82) is 0 Å². The Labute approximate surface area is 132 Å². The lowest BCUT2D eigenvalue weighted by Crippen LogP contribution is -2.40. The van der Waals surface area contributed by atoms with E-state index in [1.54, 1.807) is 0 Å². The van der Waals surface area contributed by atoms with E-state index in [1.165, 1.54) is 25.8 Å². The quantitative estimate of drug-likeness (QED) is 0.792. The molecule has 0 spiro atoms. The van der Waals surface area contributed by atoms with Crippen LogP contribution < -0.4 is 10.6 Å². The summed E-state index contributed by atoms with van der Waals surface area (Å²) in [6, 6.07) is 0.550. The minimum atomic E-state index is -0.133. The van der Waals surface area contributed by atoms with Crippen LogP contribution in [0.3, 0.4) is 0 Å². The van der Waals surface area contributed by atoms with Gasteiger partial charge in [0.1, 0.15) is 5.76 Å². The molecule has 0 bridgehead atoms. The highest BCUT2D eigenvalue weighted by atomic mass is 16.5. The fraction of sp³-hybridized carbons (Fsp3) is 0.750. The third kappa shape index (κ3) is 4.73. The molecule has 1 aromatic rings. The van der Waals surface area contributed by atoms with Crippen LogP contribution in [0, 0.1) is 13.8 Å². The van der Waals surface area contributed by atoms with Gasteiger partial charge in [0.2, 0.25) is 0 Å². The number of rotatable bonds is 6. The number of likely N-dealkylation sites (tertiary alicyclic amines) is 1. The molecule has 2 amide bonds. The summed E-state index contributed by atoms with van der Waals surface area (Å²) in [5.41, 5.74) is 1.79. The monoisotopic (exact) mass is 308 g/mol. The first-order valence-corrected chi connectivity index (χ1v) is 8.25. The first kappa shape index (κ1) is 16.8. The summed E-state index contributed by atoms with van der Waals surface area (Å²) in [6.45, 7) is 9.44. The van der Waals surface area contributed by atoms with Gasteiger partial charge in [-0.2, -0.15) is 0 Å². The molecule has 0 aliphatic carbocycles. The fourth-order valence-corrected chi connectivity index (χ4v) is 2.96. The molecule has 1 saturated heterocycles. The minimum Gasteiger partial charge on any atom is -0.361 e. The second-order valence-corrected chi connectivity index (χ2v) is 6.15. The van der Waals surface area contributed by atoms with Crippen molar-refractivity contribution >= 4 is 6.03 Å². The van der Waals surface area contributed by atoms with Gasteiger partial charge in [-0.3, -0.25) is 0 Å². The Morgan fingerprint density at radius 3 is 2.86 bits per heavy atom. The third-order valence-corrected chi connectivity index (χ3v) is 4.46. The van der Waals surface area contributed by atoms with Crippen LogP contribution in [-0.2, 0) is 6.54 Å². The maximum atomic E-state index is 11.8. The molecule has 2 N–H and O–H groups in total. The van der Waals surface area contributed by atoms with Crippen LogP contribution >= 0.6 is 0 Å². The van der Waals surface area contributed by atoms with E-state index in [0.717, 1.165) is 30.0 Å². The maximum Gasteiger partial charge on any atom is 0.315 e. The molecule has 22 heavy (non-hydrogen) atoms. The second-order valence-electron chi connectivity index (χ2n) is 6.15. The Hall–Kier alpha value is -1.56. The van der Waals surface area contributed by atoms with Crippen molar-refractivity contribution in [2.45, 2.75) is 59.0 Å². The molecular formula is C16H28N4O2. The fourth-order valence-electron chi connectivity index (χ4n) is 2.96. The van der Waals surface area contributed by atoms with Crippen molar-refractivity contribution in [2.75, 3.05) is 19.6 Å². The van der Waals surface area contributed by atoms with E-state index >= 15 is 0 Å². The number of hydrogen-bond donors (Lipinski definition) is 2. The van der Waals surface area contributed by atoms with Gasteiger partial charge in [0.05, 0.1) is 5.69 Å². The number of hydrogen-bond acceptors (Lipinski definition) is 4. The van der Waals surface area contributed by atoms with Crippen molar-refractivity contribution in [3.63, 3.8) is 0 Å². The standard InChI is InChI=1S/C16H28N4O2/c1-12-7-4-5-9-20(12)10-6-8-17-16(21)18-11-15-13(2)19-22-14(15)3/h12H,4-11H2,1-3H3,(H2,17,18,21). The Morgan fingerprint density at radius 2 is 2.18 bits per heavy atom. The highest BCUT2D eigenvalue weighted by Crippen LogP contribution is 2.16. The lowest BCUT2D eigenvalue weighted by atomic mass is 10.0. The smallest absolute Gasteiger partial charge is 0.315 e. The Balaban J connectivity index is 1.60. The number of amides is 2. The van der Waals surface area contributed by atoms with Crippen LogP contribution in [0.1, 0.15) is 49.6 Å². The molecule has 1 aliphatic rings. The number of aryl methyl sites for hydroxylation is 2. The van der Waals surface area contributed by atoms with E-state index in [-0.39, 0.29) is 6.03 Å². The molecule has 0 saturated carbocycles. The molecule has 6 nitrogen and oxygen atoms in total. The minimum absolute atomic E-state index is 0.133. The Bertz CT molecular complexity index is 467. The van der Waals surface area contributed by atoms with Crippen molar-refractivity contribution in [3.8, 4) is 0 Å². The summed E-state index contributed by atoms with van der Waals surface area (Å²) in [5.74, 6) is 0.761. The molecule has 1 aliphatic heterocycles. The number of aromatic nitrogens is 1. The van der Waals surface area contributed by atoms with E-state index < -0.39 is 0 Å². The average molecular weight is 308 g/mol. The number of carbonyl (C=O) groups is 1. The van der Waals surface area contributed by atoms with Crippen LogP contribution in [0.2, 0.25) is 0 Å². The maximum absolute atomic E-state index is 11.8. The topological polar surface area (TPSA) is 70.4 Å². The molecule has 0 radical (unpaired) electrons. The molecule has 2 rings (SSSR count). The van der Waals surface area contributed by atoms with Gasteiger partial charge >= 0.3 is 6.03 Å². The predicted octanol–water partition coefficient (Wildman–Crippen LogP) is 2.36. The molecule has 0 aromatic carbocycles. The molecule has 1 unspecified atom stereocenters. The Kier molecular flexibility index (Phi) is 6.24. The normalized spacial score (nSPS) is 19.1. The Morgan fingerprint density at radius 1 is 1.36 bits per heavy atom. The lowest BCUT2D eigenvalue weighted by molar-refractivity contribution is 0.159. The van der Waals surface area contributed by atoms with Crippen LogP contribution in [-0.4, -0.2) is 41.8 Å². The molecule has 124 valence electrons. The van der Waals surface area contributed by atoms with Crippen molar-refractivity contribution in [3.05, 3.63) is 17.0 Å². The molecule has 1 atom stereocenters. The van der Waals surface area contributed by atoms with E-state index in [1.807, 2.05) is 13.8 Å². The number of carbonyl (C=O) groups excluding carboxylic acids is 1. The number of nitrogens with one attached hydrogen (secondary N) is 2. The van der Waals surface area contributed by atoms with Gasteiger partial charge < -0.3 is 20.1 Å². The first-order chi connectivity index (χ1) is 10.6. The summed E-state index contributed by atoms with van der Waals surface area (Å²) in [5, 5.41) is 9.64. The van der Waals surface area contributed by atoms with E-state index in [2.05, 4.69) is 27.6 Å². The SMILES string of the molecule is Cc1noc(C)c1CNC(=O)NCCCN1CCCCC1C. The summed E-state index contributed by atoms with van der Waals surface area (Å²) in [4.78, 5) is 14.3.